The van der Waals surface area contributed by atoms with Gasteiger partial charge in [0.2, 0.25) is 5.91 Å². The van der Waals surface area contributed by atoms with Crippen LogP contribution in [-0.2, 0) is 14.3 Å². The second-order valence-electron chi connectivity index (χ2n) is 7.15. The number of piperazine rings is 1. The average molecular weight is 396 g/mol. The fourth-order valence-electron chi connectivity index (χ4n) is 3.29. The molecule has 0 aromatic heterocycles. The van der Waals surface area contributed by atoms with E-state index in [9.17, 15) is 9.59 Å². The van der Waals surface area contributed by atoms with Gasteiger partial charge in [0.05, 0.1) is 13.7 Å². The number of nitrogens with zero attached hydrogens (tertiary/aromatic N) is 2. The Hall–Kier alpha value is -1.79. The predicted octanol–water partition coefficient (Wildman–Crippen LogP) is 2.47. The Morgan fingerprint density at radius 2 is 1.93 bits per heavy atom. The molecular weight excluding hydrogens is 366 g/mol. The van der Waals surface area contributed by atoms with Crippen LogP contribution in [0.1, 0.15) is 25.8 Å². The van der Waals surface area contributed by atoms with Gasteiger partial charge in [-0.15, -0.1) is 0 Å². The second-order valence-corrected chi connectivity index (χ2v) is 7.58. The number of methoxy groups -OCH3 is 1. The number of anilines is 1. The van der Waals surface area contributed by atoms with Crippen LogP contribution in [0.3, 0.4) is 0 Å². The molecule has 27 heavy (non-hydrogen) atoms. The van der Waals surface area contributed by atoms with E-state index in [1.807, 2.05) is 32.0 Å². The van der Waals surface area contributed by atoms with Crippen LogP contribution in [0, 0.1) is 12.8 Å². The Morgan fingerprint density at radius 1 is 1.26 bits per heavy atom. The summed E-state index contributed by atoms with van der Waals surface area (Å²) in [5.41, 5.74) is 2.34. The number of carbonyl (C=O) groups is 2. The molecule has 0 radical (unpaired) electrons. The summed E-state index contributed by atoms with van der Waals surface area (Å²) in [7, 11) is 1.35. The molecule has 1 amide bonds. The van der Waals surface area contributed by atoms with E-state index in [-0.39, 0.29) is 24.3 Å². The number of ether oxygens (including phenoxy) is 1. The van der Waals surface area contributed by atoms with Gasteiger partial charge in [-0.25, -0.2) is 4.79 Å². The Kier molecular flexibility index (Phi) is 7.92. The molecule has 1 saturated heterocycles. The molecule has 1 aliphatic rings. The first-order valence-electron chi connectivity index (χ1n) is 9.46. The maximum atomic E-state index is 12.4. The molecule has 0 aliphatic carbocycles. The van der Waals surface area contributed by atoms with Crippen molar-refractivity contribution in [2.75, 3.05) is 44.7 Å². The molecular formula is C20H30ClN3O3. The zero-order valence-corrected chi connectivity index (χ0v) is 17.4. The van der Waals surface area contributed by atoms with E-state index in [2.05, 4.69) is 22.0 Å². The van der Waals surface area contributed by atoms with Crippen LogP contribution in [0.15, 0.2) is 18.2 Å². The molecule has 0 unspecified atom stereocenters. The molecule has 0 saturated carbocycles. The van der Waals surface area contributed by atoms with Crippen molar-refractivity contribution in [3.05, 3.63) is 28.8 Å². The highest BCUT2D eigenvalue weighted by atomic mass is 35.5. The highest BCUT2D eigenvalue weighted by Gasteiger charge is 2.28. The molecule has 6 nitrogen and oxygen atoms in total. The maximum Gasteiger partial charge on any atom is 0.328 e. The van der Waals surface area contributed by atoms with Crippen molar-refractivity contribution >= 4 is 29.2 Å². The van der Waals surface area contributed by atoms with Crippen molar-refractivity contribution < 1.29 is 14.3 Å². The molecule has 150 valence electrons. The lowest BCUT2D eigenvalue weighted by molar-refractivity contribution is -0.146. The molecule has 1 N–H and O–H groups in total. The summed E-state index contributed by atoms with van der Waals surface area (Å²) in [6, 6.07) is 5.32. The molecule has 1 aromatic rings. The maximum absolute atomic E-state index is 12.4. The Bertz CT molecular complexity index is 660. The van der Waals surface area contributed by atoms with Crippen LogP contribution >= 0.6 is 11.6 Å². The molecule has 1 aliphatic heterocycles. The molecule has 1 aromatic carbocycles. The van der Waals surface area contributed by atoms with Gasteiger partial charge in [-0.3, -0.25) is 9.69 Å². The number of esters is 1. The van der Waals surface area contributed by atoms with Crippen molar-refractivity contribution in [1.82, 2.24) is 10.2 Å². The number of halogens is 1. The third-order valence-corrected chi connectivity index (χ3v) is 5.47. The Labute approximate surface area is 166 Å². The number of carbonyl (C=O) groups excluding carboxylic acids is 2. The number of nitrogens with one attached hydrogen (secondary N) is 1. The van der Waals surface area contributed by atoms with Gasteiger partial charge in [-0.1, -0.05) is 37.9 Å². The van der Waals surface area contributed by atoms with Gasteiger partial charge in [-0.2, -0.15) is 0 Å². The summed E-state index contributed by atoms with van der Waals surface area (Å²) >= 11 is 6.13. The summed E-state index contributed by atoms with van der Waals surface area (Å²) in [4.78, 5) is 28.8. The van der Waals surface area contributed by atoms with Gasteiger partial charge in [-0.05, 0) is 30.5 Å². The quantitative estimate of drug-likeness (QED) is 0.718. The normalized spacial score (nSPS) is 17.3. The summed E-state index contributed by atoms with van der Waals surface area (Å²) in [5, 5.41) is 3.57. The summed E-state index contributed by atoms with van der Waals surface area (Å²) in [5.74, 6) is -0.499. The predicted molar refractivity (Wildman–Crippen MR) is 108 cm³/mol. The standard InChI is InChI=1S/C20H30ClN3O3/c1-5-14(2)19(20(26)27-4)22-18(25)13-23-8-10-24(11-9-23)17-12-16(21)7-6-15(17)3/h6-7,12,14,19H,5,8-11,13H2,1-4H3,(H,22,25)/t14-,19+/m1/s1. The van der Waals surface area contributed by atoms with Crippen LogP contribution in [0.5, 0.6) is 0 Å². The fourth-order valence-corrected chi connectivity index (χ4v) is 3.45. The highest BCUT2D eigenvalue weighted by Crippen LogP contribution is 2.25. The van der Waals surface area contributed by atoms with E-state index in [4.69, 9.17) is 16.3 Å². The third kappa shape index (κ3) is 5.84. The van der Waals surface area contributed by atoms with Crippen molar-refractivity contribution in [3.8, 4) is 0 Å². The van der Waals surface area contributed by atoms with E-state index in [0.29, 0.717) is 0 Å². The van der Waals surface area contributed by atoms with E-state index < -0.39 is 6.04 Å². The van der Waals surface area contributed by atoms with Crippen molar-refractivity contribution in [2.45, 2.75) is 33.2 Å². The van der Waals surface area contributed by atoms with Crippen LogP contribution < -0.4 is 10.2 Å². The highest BCUT2D eigenvalue weighted by molar-refractivity contribution is 6.30. The van der Waals surface area contributed by atoms with Crippen molar-refractivity contribution in [3.63, 3.8) is 0 Å². The molecule has 0 bridgehead atoms. The van der Waals surface area contributed by atoms with Crippen LogP contribution in [0.2, 0.25) is 5.02 Å². The van der Waals surface area contributed by atoms with Crippen LogP contribution in [0.25, 0.3) is 0 Å². The lowest BCUT2D eigenvalue weighted by atomic mass is 9.99. The Balaban J connectivity index is 1.88. The minimum atomic E-state index is -0.595. The van der Waals surface area contributed by atoms with Gasteiger partial charge in [0.1, 0.15) is 6.04 Å². The first kappa shape index (κ1) is 21.5. The van der Waals surface area contributed by atoms with E-state index in [0.717, 1.165) is 43.3 Å². The molecule has 0 spiro atoms. The summed E-state index contributed by atoms with van der Waals surface area (Å²) < 4.78 is 4.83. The van der Waals surface area contributed by atoms with Crippen LogP contribution in [0.4, 0.5) is 5.69 Å². The molecule has 1 fully saturated rings. The summed E-state index contributed by atoms with van der Waals surface area (Å²) in [6.07, 6.45) is 0.789. The van der Waals surface area contributed by atoms with Crippen LogP contribution in [-0.4, -0.2) is 62.7 Å². The zero-order valence-electron chi connectivity index (χ0n) is 16.6. The number of amides is 1. The van der Waals surface area contributed by atoms with Gasteiger partial charge in [0.15, 0.2) is 0 Å². The number of hydrogen-bond acceptors (Lipinski definition) is 5. The average Bonchev–Trinajstić information content (AvgIpc) is 2.67. The van der Waals surface area contributed by atoms with E-state index >= 15 is 0 Å². The third-order valence-electron chi connectivity index (χ3n) is 5.24. The van der Waals surface area contributed by atoms with Gasteiger partial charge < -0.3 is 15.0 Å². The SMILES string of the molecule is CC[C@@H](C)[C@H](NC(=O)CN1CCN(c2cc(Cl)ccc2C)CC1)C(=O)OC. The topological polar surface area (TPSA) is 61.9 Å². The minimum absolute atomic E-state index is 0.0315. The lowest BCUT2D eigenvalue weighted by Crippen LogP contribution is -2.52. The number of aryl methyl sites for hydroxylation is 1. The minimum Gasteiger partial charge on any atom is -0.467 e. The second kappa shape index (κ2) is 9.95. The molecule has 2 rings (SSSR count). The first-order valence-corrected chi connectivity index (χ1v) is 9.84. The first-order chi connectivity index (χ1) is 12.8. The van der Waals surface area contributed by atoms with Crippen molar-refractivity contribution in [1.29, 1.82) is 0 Å². The number of hydrogen-bond donors (Lipinski definition) is 1. The summed E-state index contributed by atoms with van der Waals surface area (Å²) in [6.45, 7) is 9.52. The van der Waals surface area contributed by atoms with Crippen molar-refractivity contribution in [2.24, 2.45) is 5.92 Å². The Morgan fingerprint density at radius 3 is 2.52 bits per heavy atom. The van der Waals surface area contributed by atoms with Gasteiger partial charge >= 0.3 is 5.97 Å². The fraction of sp³-hybridized carbons (Fsp3) is 0.600. The monoisotopic (exact) mass is 395 g/mol. The zero-order chi connectivity index (χ0) is 20.0. The molecule has 2 atom stereocenters. The lowest BCUT2D eigenvalue weighted by Gasteiger charge is -2.36. The molecule has 1 heterocycles. The number of benzene rings is 1. The largest absolute Gasteiger partial charge is 0.467 e. The van der Waals surface area contributed by atoms with E-state index in [1.54, 1.807) is 0 Å². The van der Waals surface area contributed by atoms with Gasteiger partial charge in [0, 0.05) is 36.9 Å². The van der Waals surface area contributed by atoms with E-state index in [1.165, 1.54) is 12.7 Å². The van der Waals surface area contributed by atoms with Gasteiger partial charge in [0.25, 0.3) is 0 Å². The smallest absolute Gasteiger partial charge is 0.328 e. The molecule has 7 heteroatoms. The number of rotatable bonds is 7.